The van der Waals surface area contributed by atoms with Crippen LogP contribution in [0.4, 0.5) is 0 Å². The van der Waals surface area contributed by atoms with Crippen molar-refractivity contribution in [1.82, 2.24) is 26.6 Å². The number of carbonyl (C=O) groups is 7. The van der Waals surface area contributed by atoms with Gasteiger partial charge in [0.05, 0.1) is 0 Å². The lowest BCUT2D eigenvalue weighted by Gasteiger charge is -2.26. The van der Waals surface area contributed by atoms with E-state index in [0.29, 0.717) is 5.56 Å². The van der Waals surface area contributed by atoms with Crippen LogP contribution >= 0.6 is 0 Å². The lowest BCUT2D eigenvalue weighted by atomic mass is 10.0. The molecule has 1 aromatic rings. The van der Waals surface area contributed by atoms with E-state index in [0.717, 1.165) is 0 Å². The van der Waals surface area contributed by atoms with E-state index in [2.05, 4.69) is 36.6 Å². The van der Waals surface area contributed by atoms with Gasteiger partial charge in [-0.15, -0.1) is 0 Å². The summed E-state index contributed by atoms with van der Waals surface area (Å²) in [5.74, 6) is -7.65. The van der Waals surface area contributed by atoms with Gasteiger partial charge >= 0.3 is 11.9 Å². The van der Waals surface area contributed by atoms with Crippen LogP contribution in [0.15, 0.2) is 34.3 Å². The molecule has 1 aliphatic rings. The average Bonchev–Trinajstić information content (AvgIpc) is 3.07. The fourth-order valence-electron chi connectivity index (χ4n) is 5.06. The standard InChI is InChI=1S/C31H47N11O10/c32-30(33)36-13-1-3-18-25(48)41-21(10-12-24(46)47)28(51)42-22(15-16-5-7-17(43)8-6-16)29(52)39-19(4-2-14-37-31(34)35)26(49)40-20(27(50)38-18)9-11-23(44)45/h5-8,18-22,43H,1-4,9-15H2,(H,38,50)(H,39,52)(H,40,49)(H,41,48)(H,42,51)(H,44,45)(H,46,47)(H4,32,33,36)(H4,34,35,37)/t18-,19-,20-,21-,22-/m0/s1. The summed E-state index contributed by atoms with van der Waals surface area (Å²) in [7, 11) is 0. The van der Waals surface area contributed by atoms with E-state index in [4.69, 9.17) is 22.9 Å². The summed E-state index contributed by atoms with van der Waals surface area (Å²) in [5, 5.41) is 40.9. The first-order valence-corrected chi connectivity index (χ1v) is 16.4. The number of nitrogens with zero attached hydrogens (tertiary/aromatic N) is 2. The molecule has 2 rings (SSSR count). The van der Waals surface area contributed by atoms with Crippen LogP contribution in [0, 0.1) is 0 Å². The molecule has 5 atom stereocenters. The Morgan fingerprint density at radius 2 is 0.885 bits per heavy atom. The minimum atomic E-state index is -1.51. The van der Waals surface area contributed by atoms with Gasteiger partial charge in [-0.25, -0.2) is 0 Å². The molecule has 1 heterocycles. The molecule has 52 heavy (non-hydrogen) atoms. The zero-order chi connectivity index (χ0) is 38.8. The van der Waals surface area contributed by atoms with Crippen molar-refractivity contribution in [1.29, 1.82) is 0 Å². The number of aliphatic imine (C=N–C) groups is 2. The van der Waals surface area contributed by atoms with Crippen molar-refractivity contribution in [2.24, 2.45) is 32.9 Å². The third kappa shape index (κ3) is 15.6. The first kappa shape index (κ1) is 42.0. The van der Waals surface area contributed by atoms with Gasteiger partial charge in [0.1, 0.15) is 36.0 Å². The van der Waals surface area contributed by atoms with E-state index in [1.807, 2.05) is 0 Å². The second kappa shape index (κ2) is 21.2. The van der Waals surface area contributed by atoms with Gasteiger partial charge in [0.2, 0.25) is 29.5 Å². The number of aliphatic carboxylic acids is 2. The Morgan fingerprint density at radius 1 is 0.558 bits per heavy atom. The number of hydrogen-bond acceptors (Lipinski definition) is 10. The predicted octanol–water partition coefficient (Wildman–Crippen LogP) is -3.79. The molecule has 0 aliphatic carbocycles. The molecule has 0 bridgehead atoms. The molecule has 286 valence electrons. The Morgan fingerprint density at radius 3 is 1.23 bits per heavy atom. The van der Waals surface area contributed by atoms with Crippen LogP contribution in [0.3, 0.4) is 0 Å². The highest BCUT2D eigenvalue weighted by molar-refractivity contribution is 5.98. The molecule has 1 aliphatic heterocycles. The second-order valence-electron chi connectivity index (χ2n) is 11.9. The van der Waals surface area contributed by atoms with Gasteiger partial charge in [-0.2, -0.15) is 0 Å². The van der Waals surface area contributed by atoms with Crippen LogP contribution < -0.4 is 49.5 Å². The Bertz CT molecular complexity index is 1490. The molecule has 0 spiro atoms. The zero-order valence-corrected chi connectivity index (χ0v) is 28.4. The lowest BCUT2D eigenvalue weighted by molar-refractivity contribution is -0.139. The van der Waals surface area contributed by atoms with Crippen LogP contribution in [0.5, 0.6) is 5.75 Å². The number of carboxylic acid groups (broad SMARTS) is 2. The number of phenolic OH excluding ortho intramolecular Hbond substituents is 1. The number of aromatic hydroxyl groups is 1. The van der Waals surface area contributed by atoms with Gasteiger partial charge in [-0.1, -0.05) is 12.1 Å². The average molecular weight is 734 g/mol. The number of benzene rings is 1. The molecular weight excluding hydrogens is 686 g/mol. The summed E-state index contributed by atoms with van der Waals surface area (Å²) >= 11 is 0. The molecule has 5 amide bonds. The Labute approximate surface area is 298 Å². The third-order valence-corrected chi connectivity index (χ3v) is 7.73. The second-order valence-corrected chi connectivity index (χ2v) is 11.9. The fourth-order valence-corrected chi connectivity index (χ4v) is 5.06. The van der Waals surface area contributed by atoms with Crippen molar-refractivity contribution in [3.8, 4) is 5.75 Å². The topological polar surface area (TPSA) is 369 Å². The molecule has 16 N–H and O–H groups in total. The Balaban J connectivity index is 2.63. The maximum atomic E-state index is 13.8. The van der Waals surface area contributed by atoms with E-state index in [-0.39, 0.29) is 62.9 Å². The van der Waals surface area contributed by atoms with Gasteiger partial charge in [-0.3, -0.25) is 43.5 Å². The SMILES string of the molecule is NC(N)=NCCC[C@@H]1NC(=O)[C@H](CCC(=O)O)NC(=O)[C@H](CCCN=C(N)N)NC(=O)[C@H](Cc2ccc(O)cc2)NC(=O)[C@H](CCC(=O)O)NC1=O. The molecule has 1 saturated heterocycles. The van der Waals surface area contributed by atoms with E-state index in [9.17, 15) is 48.9 Å². The number of hydrogen-bond donors (Lipinski definition) is 12. The minimum absolute atomic E-state index is 0.0400. The quantitative estimate of drug-likeness (QED) is 0.0441. The van der Waals surface area contributed by atoms with Crippen LogP contribution in [-0.2, 0) is 40.0 Å². The molecule has 21 heteroatoms. The normalized spacial score (nSPS) is 21.5. The van der Waals surface area contributed by atoms with E-state index in [1.54, 1.807) is 0 Å². The van der Waals surface area contributed by atoms with Crippen molar-refractivity contribution < 1.29 is 48.9 Å². The number of amides is 5. The number of carboxylic acids is 2. The molecule has 1 fully saturated rings. The van der Waals surface area contributed by atoms with E-state index >= 15 is 0 Å². The first-order valence-electron chi connectivity index (χ1n) is 16.4. The highest BCUT2D eigenvalue weighted by Crippen LogP contribution is 2.13. The highest BCUT2D eigenvalue weighted by atomic mass is 16.4. The molecule has 0 radical (unpaired) electrons. The molecule has 21 nitrogen and oxygen atoms in total. The third-order valence-electron chi connectivity index (χ3n) is 7.73. The van der Waals surface area contributed by atoms with Gasteiger partial charge in [0.15, 0.2) is 11.9 Å². The summed E-state index contributed by atoms with van der Waals surface area (Å²) in [6.45, 7) is 0.0947. The highest BCUT2D eigenvalue weighted by Gasteiger charge is 2.35. The Hall–Kier alpha value is -6.15. The van der Waals surface area contributed by atoms with Crippen LogP contribution in [0.25, 0.3) is 0 Å². The molecule has 0 unspecified atom stereocenters. The van der Waals surface area contributed by atoms with Gasteiger partial charge in [0.25, 0.3) is 0 Å². The molecule has 1 aromatic carbocycles. The molecule has 0 aromatic heterocycles. The van der Waals surface area contributed by atoms with Gasteiger partial charge in [0, 0.05) is 32.4 Å². The number of guanidine groups is 2. The minimum Gasteiger partial charge on any atom is -0.508 e. The van der Waals surface area contributed by atoms with Crippen molar-refractivity contribution in [3.05, 3.63) is 29.8 Å². The summed E-state index contributed by atoms with van der Waals surface area (Å²) in [6, 6.07) is -1.48. The maximum Gasteiger partial charge on any atom is 0.303 e. The summed E-state index contributed by atoms with van der Waals surface area (Å²) in [4.78, 5) is 99.1. The van der Waals surface area contributed by atoms with Gasteiger partial charge < -0.3 is 64.8 Å². The summed E-state index contributed by atoms with van der Waals surface area (Å²) in [5.41, 5.74) is 22.0. The van der Waals surface area contributed by atoms with Crippen LogP contribution in [-0.4, -0.2) is 112 Å². The summed E-state index contributed by atoms with van der Waals surface area (Å²) < 4.78 is 0. The zero-order valence-electron chi connectivity index (χ0n) is 28.4. The number of carbonyl (C=O) groups excluding carboxylic acids is 5. The first-order chi connectivity index (χ1) is 24.5. The summed E-state index contributed by atoms with van der Waals surface area (Å²) in [6.07, 6.45) is -2.00. The number of nitrogens with one attached hydrogen (secondary N) is 5. The maximum absolute atomic E-state index is 13.8. The van der Waals surface area contributed by atoms with Gasteiger partial charge in [-0.05, 0) is 56.2 Å². The van der Waals surface area contributed by atoms with Crippen molar-refractivity contribution >= 4 is 53.4 Å². The number of rotatable bonds is 16. The fraction of sp³-hybridized carbons (Fsp3) is 0.516. The molecule has 0 saturated carbocycles. The molecular formula is C31H47N11O10. The van der Waals surface area contributed by atoms with Crippen LogP contribution in [0.2, 0.25) is 0 Å². The van der Waals surface area contributed by atoms with E-state index in [1.165, 1.54) is 24.3 Å². The Kier molecular flexibility index (Phi) is 17.1. The number of nitrogens with two attached hydrogens (primary N) is 4. The lowest BCUT2D eigenvalue weighted by Crippen LogP contribution is -2.58. The largest absolute Gasteiger partial charge is 0.508 e. The van der Waals surface area contributed by atoms with Crippen molar-refractivity contribution in [2.75, 3.05) is 13.1 Å². The van der Waals surface area contributed by atoms with E-state index < -0.39 is 97.4 Å². The van der Waals surface area contributed by atoms with Crippen molar-refractivity contribution in [2.45, 2.75) is 88.0 Å². The van der Waals surface area contributed by atoms with Crippen molar-refractivity contribution in [3.63, 3.8) is 0 Å². The smallest absolute Gasteiger partial charge is 0.303 e. The predicted molar refractivity (Wildman–Crippen MR) is 185 cm³/mol. The van der Waals surface area contributed by atoms with Crippen LogP contribution in [0.1, 0.15) is 56.9 Å². The number of phenols is 1. The monoisotopic (exact) mass is 733 g/mol.